The van der Waals surface area contributed by atoms with Crippen molar-refractivity contribution in [2.45, 2.75) is 37.8 Å². The number of rotatable bonds is 5. The minimum absolute atomic E-state index is 0.0237. The molecular weight excluding hydrogens is 366 g/mol. The molecule has 27 heavy (non-hydrogen) atoms. The van der Waals surface area contributed by atoms with E-state index in [0.29, 0.717) is 38.3 Å². The predicted octanol–water partition coefficient (Wildman–Crippen LogP) is 1.18. The Kier molecular flexibility index (Phi) is 5.90. The zero-order chi connectivity index (χ0) is 19.8. The molecule has 7 nitrogen and oxygen atoms in total. The van der Waals surface area contributed by atoms with Gasteiger partial charge in [-0.05, 0) is 31.7 Å². The maximum atomic E-state index is 13.1. The van der Waals surface area contributed by atoms with E-state index in [2.05, 4.69) is 11.9 Å². The monoisotopic (exact) mass is 395 g/mol. The van der Waals surface area contributed by atoms with Gasteiger partial charge in [0, 0.05) is 38.3 Å². The van der Waals surface area contributed by atoms with Gasteiger partial charge < -0.3 is 9.64 Å². The fourth-order valence-corrected chi connectivity index (χ4v) is 5.38. The Morgan fingerprint density at radius 2 is 1.96 bits per heavy atom. The number of aryl methyl sites for hydroxylation is 1. The number of hydrogen-bond donors (Lipinski definition) is 0. The molecule has 2 saturated heterocycles. The van der Waals surface area contributed by atoms with Crippen LogP contribution in [0.4, 0.5) is 0 Å². The van der Waals surface area contributed by atoms with E-state index in [9.17, 15) is 13.2 Å². The quantitative estimate of drug-likeness (QED) is 0.749. The number of likely N-dealkylation sites (tertiary alicyclic amines) is 1. The lowest BCUT2D eigenvalue weighted by atomic mass is 10.1. The SMILES string of the molecule is CCN(CC)S(=O)(=O)c1ccc(C)c(C(=O)N2C[C@H]3OCCN(C)[C@H]3C2)c1. The van der Waals surface area contributed by atoms with Gasteiger partial charge in [0.2, 0.25) is 10.0 Å². The lowest BCUT2D eigenvalue weighted by molar-refractivity contribution is -0.0368. The van der Waals surface area contributed by atoms with Crippen LogP contribution in [0, 0.1) is 6.92 Å². The molecule has 0 bridgehead atoms. The highest BCUT2D eigenvalue weighted by Crippen LogP contribution is 2.26. The summed E-state index contributed by atoms with van der Waals surface area (Å²) in [6.45, 7) is 8.94. The van der Waals surface area contributed by atoms with Crippen molar-refractivity contribution in [3.8, 4) is 0 Å². The number of nitrogens with zero attached hydrogens (tertiary/aromatic N) is 3. The predicted molar refractivity (Wildman–Crippen MR) is 103 cm³/mol. The number of carbonyl (C=O) groups is 1. The highest BCUT2D eigenvalue weighted by molar-refractivity contribution is 7.89. The van der Waals surface area contributed by atoms with Gasteiger partial charge in [-0.15, -0.1) is 0 Å². The van der Waals surface area contributed by atoms with Gasteiger partial charge in [-0.3, -0.25) is 9.69 Å². The Bertz CT molecular complexity index is 807. The molecule has 3 rings (SSSR count). The summed E-state index contributed by atoms with van der Waals surface area (Å²) in [5.41, 5.74) is 1.23. The summed E-state index contributed by atoms with van der Waals surface area (Å²) in [6, 6.07) is 5.03. The minimum Gasteiger partial charge on any atom is -0.373 e. The first kappa shape index (κ1) is 20.3. The molecule has 150 valence electrons. The van der Waals surface area contributed by atoms with Crippen LogP contribution in [0.3, 0.4) is 0 Å². The van der Waals surface area contributed by atoms with Gasteiger partial charge in [-0.25, -0.2) is 8.42 Å². The number of likely N-dealkylation sites (N-methyl/N-ethyl adjacent to an activating group) is 1. The van der Waals surface area contributed by atoms with E-state index in [1.54, 1.807) is 17.0 Å². The first-order valence-corrected chi connectivity index (χ1v) is 11.0. The fourth-order valence-electron chi connectivity index (χ4n) is 3.90. The third-order valence-electron chi connectivity index (χ3n) is 5.65. The van der Waals surface area contributed by atoms with E-state index < -0.39 is 10.0 Å². The van der Waals surface area contributed by atoms with Gasteiger partial charge in [0.15, 0.2) is 0 Å². The van der Waals surface area contributed by atoms with E-state index in [1.807, 2.05) is 20.8 Å². The summed E-state index contributed by atoms with van der Waals surface area (Å²) in [4.78, 5) is 17.3. The van der Waals surface area contributed by atoms with Crippen LogP contribution in [0.25, 0.3) is 0 Å². The maximum absolute atomic E-state index is 13.1. The third-order valence-corrected chi connectivity index (χ3v) is 7.69. The van der Waals surface area contributed by atoms with Gasteiger partial charge >= 0.3 is 0 Å². The standard InChI is InChI=1S/C19H29N3O4S/c1-5-22(6-2)27(24,25)15-8-7-14(3)16(11-15)19(23)21-12-17-18(13-21)26-10-9-20(17)4/h7-8,11,17-18H,5-6,9-10,12-13H2,1-4H3/t17-,18+/m0/s1. The molecule has 2 atom stereocenters. The molecule has 2 fully saturated rings. The van der Waals surface area contributed by atoms with E-state index in [1.165, 1.54) is 10.4 Å². The highest BCUT2D eigenvalue weighted by atomic mass is 32.2. The minimum atomic E-state index is -3.60. The second kappa shape index (κ2) is 7.87. The molecular formula is C19H29N3O4S. The van der Waals surface area contributed by atoms with Crippen LogP contribution >= 0.6 is 0 Å². The fraction of sp³-hybridized carbons (Fsp3) is 0.632. The average Bonchev–Trinajstić information content (AvgIpc) is 3.08. The normalized spacial score (nSPS) is 23.7. The molecule has 0 radical (unpaired) electrons. The second-order valence-corrected chi connectivity index (χ2v) is 9.17. The Labute approximate surface area is 161 Å². The number of benzene rings is 1. The molecule has 1 amide bonds. The van der Waals surface area contributed by atoms with Crippen molar-refractivity contribution in [1.29, 1.82) is 0 Å². The van der Waals surface area contributed by atoms with E-state index >= 15 is 0 Å². The summed E-state index contributed by atoms with van der Waals surface area (Å²) in [6.07, 6.45) is 0.0237. The highest BCUT2D eigenvalue weighted by Gasteiger charge is 2.41. The molecule has 0 aliphatic carbocycles. The van der Waals surface area contributed by atoms with Crippen molar-refractivity contribution >= 4 is 15.9 Å². The number of amides is 1. The van der Waals surface area contributed by atoms with Crippen LogP contribution in [-0.2, 0) is 14.8 Å². The molecule has 0 N–H and O–H groups in total. The molecule has 8 heteroatoms. The summed E-state index contributed by atoms with van der Waals surface area (Å²) < 4.78 is 32.9. The Hall–Kier alpha value is -1.48. The van der Waals surface area contributed by atoms with Crippen LogP contribution in [0.15, 0.2) is 23.1 Å². The lowest BCUT2D eigenvalue weighted by Gasteiger charge is -2.33. The van der Waals surface area contributed by atoms with Crippen molar-refractivity contribution in [1.82, 2.24) is 14.1 Å². The maximum Gasteiger partial charge on any atom is 0.254 e. The molecule has 1 aromatic rings. The van der Waals surface area contributed by atoms with Crippen molar-refractivity contribution in [2.24, 2.45) is 0 Å². The van der Waals surface area contributed by atoms with Crippen LogP contribution in [-0.4, -0.2) is 87.0 Å². The van der Waals surface area contributed by atoms with Crippen molar-refractivity contribution in [3.05, 3.63) is 29.3 Å². The van der Waals surface area contributed by atoms with Gasteiger partial charge in [0.25, 0.3) is 5.91 Å². The molecule has 0 unspecified atom stereocenters. The van der Waals surface area contributed by atoms with E-state index in [-0.39, 0.29) is 22.9 Å². The largest absolute Gasteiger partial charge is 0.373 e. The number of hydrogen-bond acceptors (Lipinski definition) is 5. The lowest BCUT2D eigenvalue weighted by Crippen LogP contribution is -2.48. The van der Waals surface area contributed by atoms with Gasteiger partial charge in [-0.1, -0.05) is 19.9 Å². The van der Waals surface area contributed by atoms with E-state index in [4.69, 9.17) is 4.74 Å². The first-order valence-electron chi connectivity index (χ1n) is 9.51. The number of carbonyl (C=O) groups excluding carboxylic acids is 1. The summed E-state index contributed by atoms with van der Waals surface area (Å²) in [7, 11) is -1.55. The number of morpholine rings is 1. The van der Waals surface area contributed by atoms with E-state index in [0.717, 1.165) is 12.1 Å². The second-order valence-electron chi connectivity index (χ2n) is 7.23. The summed E-state index contributed by atoms with van der Waals surface area (Å²) in [5.74, 6) is -0.129. The number of fused-ring (bicyclic) bond motifs is 1. The zero-order valence-electron chi connectivity index (χ0n) is 16.5. The average molecular weight is 396 g/mol. The Balaban J connectivity index is 1.88. The van der Waals surface area contributed by atoms with Crippen molar-refractivity contribution < 1.29 is 17.9 Å². The Morgan fingerprint density at radius 3 is 2.59 bits per heavy atom. The van der Waals surface area contributed by atoms with Crippen LogP contribution in [0.1, 0.15) is 29.8 Å². The van der Waals surface area contributed by atoms with Crippen molar-refractivity contribution in [2.75, 3.05) is 46.4 Å². The number of sulfonamides is 1. The van der Waals surface area contributed by atoms with Gasteiger partial charge in [0.1, 0.15) is 0 Å². The van der Waals surface area contributed by atoms with Crippen LogP contribution in [0.2, 0.25) is 0 Å². The Morgan fingerprint density at radius 1 is 1.26 bits per heavy atom. The number of ether oxygens (including phenoxy) is 1. The molecule has 2 heterocycles. The topological polar surface area (TPSA) is 70.2 Å². The third kappa shape index (κ3) is 3.76. The van der Waals surface area contributed by atoms with Crippen LogP contribution < -0.4 is 0 Å². The van der Waals surface area contributed by atoms with Crippen LogP contribution in [0.5, 0.6) is 0 Å². The molecule has 0 saturated carbocycles. The first-order chi connectivity index (χ1) is 12.8. The smallest absolute Gasteiger partial charge is 0.254 e. The summed E-state index contributed by atoms with van der Waals surface area (Å²) in [5, 5.41) is 0. The molecule has 2 aliphatic rings. The molecule has 0 aromatic heterocycles. The summed E-state index contributed by atoms with van der Waals surface area (Å²) >= 11 is 0. The van der Waals surface area contributed by atoms with Gasteiger partial charge in [0.05, 0.1) is 23.6 Å². The molecule has 2 aliphatic heterocycles. The van der Waals surface area contributed by atoms with Gasteiger partial charge in [-0.2, -0.15) is 4.31 Å². The van der Waals surface area contributed by atoms with Crippen molar-refractivity contribution in [3.63, 3.8) is 0 Å². The molecule has 1 aromatic carbocycles. The molecule has 0 spiro atoms. The zero-order valence-corrected chi connectivity index (χ0v) is 17.3.